The second kappa shape index (κ2) is 9.51. The molecule has 0 radical (unpaired) electrons. The number of aliphatic carboxylic acids is 1. The number of nitrogens with one attached hydrogen (secondary N) is 2. The van der Waals surface area contributed by atoms with Crippen LogP contribution in [0, 0.1) is 5.82 Å². The van der Waals surface area contributed by atoms with Crippen LogP contribution in [0.2, 0.25) is 0 Å². The van der Waals surface area contributed by atoms with E-state index in [1.165, 1.54) is 12.1 Å². The zero-order valence-electron chi connectivity index (χ0n) is 16.0. The number of nitrogens with zero attached hydrogens (tertiary/aromatic N) is 4. The molecule has 0 spiro atoms. The van der Waals surface area contributed by atoms with Crippen LogP contribution in [0.3, 0.4) is 0 Å². The number of alkyl halides is 3. The Morgan fingerprint density at radius 3 is 2.39 bits per heavy atom. The number of hydrogen-bond acceptors (Lipinski definition) is 6. The number of aromatic nitrogens is 4. The Morgan fingerprint density at radius 1 is 1.13 bits per heavy atom. The molecule has 1 saturated heterocycles. The average Bonchev–Trinajstić information content (AvgIpc) is 3.29. The first-order valence-corrected chi connectivity index (χ1v) is 9.11. The molecule has 31 heavy (non-hydrogen) atoms. The van der Waals surface area contributed by atoms with Gasteiger partial charge in [0.15, 0.2) is 5.82 Å². The van der Waals surface area contributed by atoms with Crippen LogP contribution < -0.4 is 10.2 Å². The Bertz CT molecular complexity index is 978. The first-order chi connectivity index (χ1) is 14.7. The highest BCUT2D eigenvalue weighted by atomic mass is 19.4. The molecule has 1 aromatic carbocycles. The van der Waals surface area contributed by atoms with Crippen molar-refractivity contribution >= 4 is 11.8 Å². The van der Waals surface area contributed by atoms with Gasteiger partial charge in [-0.25, -0.2) is 9.18 Å². The highest BCUT2D eigenvalue weighted by Crippen LogP contribution is 2.22. The third kappa shape index (κ3) is 5.98. The number of benzene rings is 1. The maximum Gasteiger partial charge on any atom is 0.490 e. The van der Waals surface area contributed by atoms with Crippen LogP contribution in [0.1, 0.15) is 11.6 Å². The summed E-state index contributed by atoms with van der Waals surface area (Å²) in [7, 11) is 0. The van der Waals surface area contributed by atoms with E-state index in [9.17, 15) is 17.6 Å². The number of carboxylic acid groups (broad SMARTS) is 1. The molecule has 12 heteroatoms. The summed E-state index contributed by atoms with van der Waals surface area (Å²) >= 11 is 0. The number of H-pyrrole nitrogens is 1. The quantitative estimate of drug-likeness (QED) is 0.540. The molecule has 3 aromatic rings. The van der Waals surface area contributed by atoms with Crippen LogP contribution in [0.5, 0.6) is 0 Å². The van der Waals surface area contributed by atoms with Gasteiger partial charge in [-0.2, -0.15) is 18.3 Å². The molecule has 8 nitrogen and oxygen atoms in total. The molecular formula is C19H18F4N6O2. The Kier molecular flexibility index (Phi) is 6.80. The Hall–Kier alpha value is -3.54. The van der Waals surface area contributed by atoms with E-state index in [1.807, 2.05) is 24.5 Å². The summed E-state index contributed by atoms with van der Waals surface area (Å²) in [5.41, 5.74) is 2.72. The van der Waals surface area contributed by atoms with Crippen molar-refractivity contribution in [2.75, 3.05) is 24.5 Å². The van der Waals surface area contributed by atoms with Gasteiger partial charge in [0.1, 0.15) is 5.82 Å². The van der Waals surface area contributed by atoms with E-state index in [1.54, 1.807) is 12.1 Å². The number of hydrogen-bond donors (Lipinski definition) is 3. The molecular weight excluding hydrogens is 420 g/mol. The molecule has 0 saturated carbocycles. The van der Waals surface area contributed by atoms with Crippen molar-refractivity contribution in [3.05, 3.63) is 60.2 Å². The van der Waals surface area contributed by atoms with Gasteiger partial charge in [0.05, 0.1) is 17.9 Å². The monoisotopic (exact) mass is 438 g/mol. The van der Waals surface area contributed by atoms with E-state index in [4.69, 9.17) is 9.90 Å². The molecule has 0 bridgehead atoms. The minimum absolute atomic E-state index is 0.219. The largest absolute Gasteiger partial charge is 0.490 e. The SMILES string of the molecule is Fc1ccc(-c2ccc(N3CCNC(c4cn[nH]c4)C3)nn2)cc1.O=C(O)C(F)(F)F. The molecule has 1 unspecified atom stereocenters. The number of rotatable bonds is 3. The van der Waals surface area contributed by atoms with Gasteiger partial charge in [-0.15, -0.1) is 10.2 Å². The summed E-state index contributed by atoms with van der Waals surface area (Å²) in [6, 6.07) is 10.4. The Labute approximate surface area is 173 Å². The highest BCUT2D eigenvalue weighted by molar-refractivity contribution is 5.73. The lowest BCUT2D eigenvalue weighted by Crippen LogP contribution is -2.46. The summed E-state index contributed by atoms with van der Waals surface area (Å²) in [5, 5.41) is 26.1. The van der Waals surface area contributed by atoms with Gasteiger partial charge < -0.3 is 15.3 Å². The van der Waals surface area contributed by atoms with Crippen LogP contribution in [0.4, 0.5) is 23.4 Å². The maximum atomic E-state index is 13.0. The van der Waals surface area contributed by atoms with Gasteiger partial charge in [-0.3, -0.25) is 5.10 Å². The van der Waals surface area contributed by atoms with E-state index >= 15 is 0 Å². The predicted octanol–water partition coefficient (Wildman–Crippen LogP) is 2.79. The molecule has 0 amide bonds. The number of aromatic amines is 1. The third-order valence-corrected chi connectivity index (χ3v) is 4.45. The zero-order chi connectivity index (χ0) is 22.4. The summed E-state index contributed by atoms with van der Waals surface area (Å²) in [5.74, 6) is -2.17. The van der Waals surface area contributed by atoms with Crippen molar-refractivity contribution in [1.82, 2.24) is 25.7 Å². The Morgan fingerprint density at radius 2 is 1.84 bits per heavy atom. The topological polar surface area (TPSA) is 107 Å². The zero-order valence-corrected chi connectivity index (χ0v) is 16.0. The van der Waals surface area contributed by atoms with Crippen molar-refractivity contribution in [1.29, 1.82) is 0 Å². The normalized spacial score (nSPS) is 16.4. The van der Waals surface area contributed by atoms with Gasteiger partial charge in [-0.05, 0) is 36.4 Å². The molecule has 164 valence electrons. The summed E-state index contributed by atoms with van der Waals surface area (Å²) < 4.78 is 44.7. The van der Waals surface area contributed by atoms with Gasteiger partial charge in [-0.1, -0.05) is 0 Å². The second-order valence-corrected chi connectivity index (χ2v) is 6.57. The highest BCUT2D eigenvalue weighted by Gasteiger charge is 2.38. The average molecular weight is 438 g/mol. The van der Waals surface area contributed by atoms with E-state index in [2.05, 4.69) is 30.6 Å². The van der Waals surface area contributed by atoms with Gasteiger partial charge in [0, 0.05) is 37.0 Å². The third-order valence-electron chi connectivity index (χ3n) is 4.45. The van der Waals surface area contributed by atoms with Crippen LogP contribution in [0.25, 0.3) is 11.3 Å². The van der Waals surface area contributed by atoms with Gasteiger partial charge >= 0.3 is 12.1 Å². The summed E-state index contributed by atoms with van der Waals surface area (Å²) in [6.45, 7) is 2.56. The fourth-order valence-corrected chi connectivity index (χ4v) is 2.90. The summed E-state index contributed by atoms with van der Waals surface area (Å²) in [6.07, 6.45) is -1.34. The lowest BCUT2D eigenvalue weighted by atomic mass is 10.1. The molecule has 1 fully saturated rings. The first-order valence-electron chi connectivity index (χ1n) is 9.11. The maximum absolute atomic E-state index is 13.0. The van der Waals surface area contributed by atoms with Crippen LogP contribution >= 0.6 is 0 Å². The van der Waals surface area contributed by atoms with E-state index in [0.29, 0.717) is 0 Å². The van der Waals surface area contributed by atoms with Crippen molar-refractivity contribution < 1.29 is 27.5 Å². The van der Waals surface area contributed by atoms with Crippen molar-refractivity contribution in [2.45, 2.75) is 12.2 Å². The molecule has 1 atom stereocenters. The number of carboxylic acids is 1. The smallest absolute Gasteiger partial charge is 0.475 e. The molecule has 1 aliphatic rings. The molecule has 0 aliphatic carbocycles. The number of halogens is 4. The lowest BCUT2D eigenvalue weighted by molar-refractivity contribution is -0.192. The van der Waals surface area contributed by atoms with Crippen molar-refractivity contribution in [3.63, 3.8) is 0 Å². The standard InChI is InChI=1S/C17H17FN6.C2HF3O2/c18-14-3-1-12(2-4-14)15-5-6-17(23-22-15)24-8-7-19-16(11-24)13-9-20-21-10-13;3-2(4,5)1(6)7/h1-6,9-10,16,19H,7-8,11H2,(H,20,21);(H,6,7). The molecule has 3 N–H and O–H groups in total. The lowest BCUT2D eigenvalue weighted by Gasteiger charge is -2.33. The molecule has 2 aromatic heterocycles. The van der Waals surface area contributed by atoms with E-state index in [-0.39, 0.29) is 11.9 Å². The van der Waals surface area contributed by atoms with Gasteiger partial charge in [0.2, 0.25) is 0 Å². The van der Waals surface area contributed by atoms with Crippen molar-refractivity contribution in [3.8, 4) is 11.3 Å². The Balaban J connectivity index is 0.000000339. The fourth-order valence-electron chi connectivity index (χ4n) is 2.90. The number of anilines is 1. The van der Waals surface area contributed by atoms with E-state index in [0.717, 1.165) is 42.3 Å². The van der Waals surface area contributed by atoms with Crippen molar-refractivity contribution in [2.24, 2.45) is 0 Å². The molecule has 3 heterocycles. The second-order valence-electron chi connectivity index (χ2n) is 6.57. The fraction of sp³-hybridized carbons (Fsp3) is 0.263. The van der Waals surface area contributed by atoms with Gasteiger partial charge in [0.25, 0.3) is 0 Å². The van der Waals surface area contributed by atoms with E-state index < -0.39 is 12.1 Å². The predicted molar refractivity (Wildman–Crippen MR) is 103 cm³/mol. The van der Waals surface area contributed by atoms with Crippen LogP contribution in [-0.2, 0) is 4.79 Å². The number of piperazine rings is 1. The minimum atomic E-state index is -5.08. The minimum Gasteiger partial charge on any atom is -0.475 e. The first kappa shape index (κ1) is 22.2. The molecule has 4 rings (SSSR count). The molecule has 1 aliphatic heterocycles. The van der Waals surface area contributed by atoms with Crippen LogP contribution in [0.15, 0.2) is 48.8 Å². The van der Waals surface area contributed by atoms with Crippen LogP contribution in [-0.4, -0.2) is 57.3 Å². The number of carbonyl (C=O) groups is 1. The summed E-state index contributed by atoms with van der Waals surface area (Å²) in [4.78, 5) is 11.1.